The summed E-state index contributed by atoms with van der Waals surface area (Å²) >= 11 is 0. The van der Waals surface area contributed by atoms with Crippen LogP contribution in [0.3, 0.4) is 0 Å². The maximum atomic E-state index is 13.6. The van der Waals surface area contributed by atoms with E-state index >= 15 is 0 Å². The van der Waals surface area contributed by atoms with Crippen molar-refractivity contribution in [1.82, 2.24) is 25.0 Å². The number of piperazine rings is 1. The molecule has 1 saturated heterocycles. The first-order valence-electron chi connectivity index (χ1n) is 11.1. The van der Waals surface area contributed by atoms with Crippen LogP contribution in [0, 0.1) is 11.6 Å². The Hall–Kier alpha value is -3.42. The fourth-order valence-electron chi connectivity index (χ4n) is 4.12. The van der Waals surface area contributed by atoms with E-state index in [0.717, 1.165) is 72.9 Å². The van der Waals surface area contributed by atoms with Gasteiger partial charge in [0.1, 0.15) is 17.3 Å². The van der Waals surface area contributed by atoms with Crippen LogP contribution >= 0.6 is 0 Å². The Balaban J connectivity index is 1.49. The van der Waals surface area contributed by atoms with Gasteiger partial charge in [-0.3, -0.25) is 14.6 Å². The van der Waals surface area contributed by atoms with Crippen molar-refractivity contribution < 1.29 is 8.78 Å². The molecule has 0 bridgehead atoms. The molecule has 0 saturated carbocycles. The van der Waals surface area contributed by atoms with Crippen LogP contribution in [0.15, 0.2) is 73.1 Å². The van der Waals surface area contributed by atoms with Crippen molar-refractivity contribution in [2.24, 2.45) is 0 Å². The molecule has 0 unspecified atom stereocenters. The van der Waals surface area contributed by atoms with E-state index in [4.69, 9.17) is 5.10 Å². The Morgan fingerprint density at radius 2 is 1.45 bits per heavy atom. The van der Waals surface area contributed by atoms with Crippen molar-refractivity contribution >= 4 is 0 Å². The Morgan fingerprint density at radius 3 is 2.15 bits per heavy atom. The fraction of sp³-hybridized carbons (Fsp3) is 0.231. The average molecular weight is 446 g/mol. The predicted molar refractivity (Wildman–Crippen MR) is 126 cm³/mol. The summed E-state index contributed by atoms with van der Waals surface area (Å²) in [6, 6.07) is 16.7. The third-order valence-corrected chi connectivity index (χ3v) is 5.95. The molecule has 7 heteroatoms. The van der Waals surface area contributed by atoms with Gasteiger partial charge in [-0.15, -0.1) is 0 Å². The van der Waals surface area contributed by atoms with E-state index in [-0.39, 0.29) is 11.6 Å². The van der Waals surface area contributed by atoms with Crippen LogP contribution in [0.5, 0.6) is 0 Å². The molecule has 1 N–H and O–H groups in total. The molecule has 0 amide bonds. The number of rotatable bonds is 6. The van der Waals surface area contributed by atoms with Crippen molar-refractivity contribution in [3.8, 4) is 33.6 Å². The van der Waals surface area contributed by atoms with Gasteiger partial charge in [0, 0.05) is 61.8 Å². The van der Waals surface area contributed by atoms with Gasteiger partial charge in [-0.05, 0) is 54.1 Å². The molecule has 1 aliphatic rings. The van der Waals surface area contributed by atoms with E-state index in [1.807, 2.05) is 23.0 Å². The highest BCUT2D eigenvalue weighted by atomic mass is 19.1. The minimum atomic E-state index is -0.281. The highest BCUT2D eigenvalue weighted by molar-refractivity contribution is 5.81. The van der Waals surface area contributed by atoms with Crippen molar-refractivity contribution in [1.29, 1.82) is 0 Å². The molecule has 1 aliphatic heterocycles. The second-order valence-electron chi connectivity index (χ2n) is 8.19. The van der Waals surface area contributed by atoms with Gasteiger partial charge in [-0.2, -0.15) is 5.10 Å². The number of hydrogen-bond acceptors (Lipinski definition) is 4. The lowest BCUT2D eigenvalue weighted by Gasteiger charge is -2.26. The lowest BCUT2D eigenvalue weighted by molar-refractivity contribution is 0.229. The predicted octanol–water partition coefficient (Wildman–Crippen LogP) is 4.46. The number of halogens is 2. The monoisotopic (exact) mass is 445 g/mol. The van der Waals surface area contributed by atoms with Crippen LogP contribution in [0.2, 0.25) is 0 Å². The van der Waals surface area contributed by atoms with Crippen molar-refractivity contribution in [2.75, 3.05) is 32.7 Å². The molecular formula is C26H25F2N5. The van der Waals surface area contributed by atoms with Gasteiger partial charge in [-0.1, -0.05) is 12.1 Å². The van der Waals surface area contributed by atoms with Crippen LogP contribution in [-0.4, -0.2) is 52.4 Å². The zero-order valence-corrected chi connectivity index (χ0v) is 18.2. The van der Waals surface area contributed by atoms with Crippen molar-refractivity contribution in [3.05, 3.63) is 84.7 Å². The Bertz CT molecular complexity index is 1210. The molecule has 0 aliphatic carbocycles. The van der Waals surface area contributed by atoms with Gasteiger partial charge >= 0.3 is 0 Å². The normalized spacial score (nSPS) is 14.5. The summed E-state index contributed by atoms with van der Waals surface area (Å²) in [7, 11) is 0. The molecule has 0 radical (unpaired) electrons. The van der Waals surface area contributed by atoms with Gasteiger partial charge in [0.15, 0.2) is 0 Å². The minimum absolute atomic E-state index is 0.270. The number of nitrogens with one attached hydrogen (secondary N) is 1. The zero-order valence-electron chi connectivity index (χ0n) is 18.2. The average Bonchev–Trinajstić information content (AvgIpc) is 3.29. The number of aromatic nitrogens is 3. The molecule has 33 heavy (non-hydrogen) atoms. The number of hydrogen-bond donors (Lipinski definition) is 1. The lowest BCUT2D eigenvalue weighted by atomic mass is 10.0. The van der Waals surface area contributed by atoms with Crippen LogP contribution in [0.4, 0.5) is 8.78 Å². The van der Waals surface area contributed by atoms with Gasteiger partial charge < -0.3 is 5.32 Å². The first-order chi connectivity index (χ1) is 16.2. The third-order valence-electron chi connectivity index (χ3n) is 5.95. The molecule has 168 valence electrons. The Kier molecular flexibility index (Phi) is 6.24. The lowest BCUT2D eigenvalue weighted by Crippen LogP contribution is -2.44. The van der Waals surface area contributed by atoms with E-state index in [2.05, 4.69) is 15.2 Å². The van der Waals surface area contributed by atoms with Gasteiger partial charge in [0.25, 0.3) is 0 Å². The fourth-order valence-corrected chi connectivity index (χ4v) is 4.12. The maximum Gasteiger partial charge on any atom is 0.123 e. The molecule has 1 fully saturated rings. The molecule has 2 aromatic heterocycles. The van der Waals surface area contributed by atoms with Crippen LogP contribution in [0.25, 0.3) is 33.6 Å². The quantitative estimate of drug-likeness (QED) is 0.476. The van der Waals surface area contributed by atoms with Gasteiger partial charge in [0.2, 0.25) is 0 Å². The molecular weight excluding hydrogens is 420 g/mol. The molecule has 4 aromatic rings. The summed E-state index contributed by atoms with van der Waals surface area (Å²) in [6.45, 7) is 5.77. The summed E-state index contributed by atoms with van der Waals surface area (Å²) in [6.07, 6.45) is 3.77. The maximum absolute atomic E-state index is 13.6. The minimum Gasteiger partial charge on any atom is -0.314 e. The van der Waals surface area contributed by atoms with Crippen LogP contribution < -0.4 is 5.32 Å². The first kappa shape index (κ1) is 21.4. The van der Waals surface area contributed by atoms with E-state index in [9.17, 15) is 8.78 Å². The summed E-state index contributed by atoms with van der Waals surface area (Å²) in [4.78, 5) is 6.89. The summed E-state index contributed by atoms with van der Waals surface area (Å²) < 4.78 is 28.9. The molecule has 0 atom stereocenters. The van der Waals surface area contributed by atoms with Crippen LogP contribution in [-0.2, 0) is 6.54 Å². The summed E-state index contributed by atoms with van der Waals surface area (Å²) in [5.41, 5.74) is 5.14. The smallest absolute Gasteiger partial charge is 0.123 e. The molecule has 5 nitrogen and oxygen atoms in total. The SMILES string of the molecule is Fc1ccc(-c2cc(-c3nn(CCN4CCNCC4)cc3-c3ccc(F)cc3)ccn2)cc1. The van der Waals surface area contributed by atoms with Crippen molar-refractivity contribution in [3.63, 3.8) is 0 Å². The van der Waals surface area contributed by atoms with E-state index in [0.29, 0.717) is 0 Å². The van der Waals surface area contributed by atoms with E-state index < -0.39 is 0 Å². The largest absolute Gasteiger partial charge is 0.314 e. The standard InChI is InChI=1S/C26H25F2N5/c27-22-5-1-19(2-6-22)24-18-33(16-15-32-13-11-29-12-14-32)31-26(24)21-9-10-30-25(17-21)20-3-7-23(28)8-4-20/h1-10,17-18,29H,11-16H2. The molecule has 3 heterocycles. The summed E-state index contributed by atoms with van der Waals surface area (Å²) in [5, 5.41) is 8.28. The van der Waals surface area contributed by atoms with E-state index in [1.54, 1.807) is 30.5 Å². The second-order valence-corrected chi connectivity index (χ2v) is 8.19. The molecule has 0 spiro atoms. The Morgan fingerprint density at radius 1 is 0.788 bits per heavy atom. The molecule has 5 rings (SSSR count). The third kappa shape index (κ3) is 4.99. The number of pyridine rings is 1. The Labute approximate surface area is 191 Å². The first-order valence-corrected chi connectivity index (χ1v) is 11.1. The number of benzene rings is 2. The highest BCUT2D eigenvalue weighted by Gasteiger charge is 2.16. The van der Waals surface area contributed by atoms with Crippen molar-refractivity contribution in [2.45, 2.75) is 6.54 Å². The van der Waals surface area contributed by atoms with Crippen LogP contribution in [0.1, 0.15) is 0 Å². The summed E-state index contributed by atoms with van der Waals surface area (Å²) in [5.74, 6) is -0.550. The zero-order chi connectivity index (χ0) is 22.6. The topological polar surface area (TPSA) is 46.0 Å². The van der Waals surface area contributed by atoms with E-state index in [1.165, 1.54) is 24.3 Å². The molecule has 2 aromatic carbocycles. The van der Waals surface area contributed by atoms with Gasteiger partial charge in [-0.25, -0.2) is 8.78 Å². The van der Waals surface area contributed by atoms with Gasteiger partial charge in [0.05, 0.1) is 12.2 Å². The number of nitrogens with zero attached hydrogens (tertiary/aromatic N) is 4. The highest BCUT2D eigenvalue weighted by Crippen LogP contribution is 2.32. The second kappa shape index (κ2) is 9.60.